The Morgan fingerprint density at radius 3 is 2.62 bits per heavy atom. The SMILES string of the molecule is CC(C)(C)c1cc(C(=O)N2CCC(c3nnc4ccc(-c5cccnc5)nn34)CC2)n[nH]1. The molecular weight excluding hydrogens is 404 g/mol. The molecule has 0 atom stereocenters. The Bertz CT molecular complexity index is 1250. The Hall–Kier alpha value is -3.62. The van der Waals surface area contributed by atoms with Crippen molar-refractivity contribution in [3.63, 3.8) is 0 Å². The van der Waals surface area contributed by atoms with Gasteiger partial charge in [0, 0.05) is 48.1 Å². The highest BCUT2D eigenvalue weighted by atomic mass is 16.2. The van der Waals surface area contributed by atoms with Crippen LogP contribution < -0.4 is 0 Å². The smallest absolute Gasteiger partial charge is 0.274 e. The van der Waals surface area contributed by atoms with Crippen LogP contribution in [0.15, 0.2) is 42.7 Å². The maximum Gasteiger partial charge on any atom is 0.274 e. The van der Waals surface area contributed by atoms with E-state index in [1.165, 1.54) is 0 Å². The zero-order valence-corrected chi connectivity index (χ0v) is 18.5. The predicted octanol–water partition coefficient (Wildman–Crippen LogP) is 3.23. The molecule has 9 heteroatoms. The maximum atomic E-state index is 12.9. The molecule has 0 aromatic carbocycles. The highest BCUT2D eigenvalue weighted by molar-refractivity contribution is 5.92. The minimum atomic E-state index is -0.0745. The summed E-state index contributed by atoms with van der Waals surface area (Å²) in [5.41, 5.74) is 3.85. The van der Waals surface area contributed by atoms with E-state index in [-0.39, 0.29) is 17.2 Å². The average molecular weight is 431 g/mol. The lowest BCUT2D eigenvalue weighted by Gasteiger charge is -2.30. The molecule has 32 heavy (non-hydrogen) atoms. The summed E-state index contributed by atoms with van der Waals surface area (Å²) < 4.78 is 1.83. The number of likely N-dealkylation sites (tertiary alicyclic amines) is 1. The average Bonchev–Trinajstić information content (AvgIpc) is 3.47. The van der Waals surface area contributed by atoms with Crippen LogP contribution in [0.2, 0.25) is 0 Å². The first kappa shape index (κ1) is 20.3. The Morgan fingerprint density at radius 1 is 1.12 bits per heavy atom. The molecule has 0 saturated carbocycles. The molecule has 9 nitrogen and oxygen atoms in total. The van der Waals surface area contributed by atoms with Gasteiger partial charge in [0.2, 0.25) is 0 Å². The molecule has 5 heterocycles. The van der Waals surface area contributed by atoms with Gasteiger partial charge >= 0.3 is 0 Å². The molecule has 1 aliphatic heterocycles. The fourth-order valence-corrected chi connectivity index (χ4v) is 4.05. The van der Waals surface area contributed by atoms with Crippen molar-refractivity contribution < 1.29 is 4.79 Å². The number of fused-ring (bicyclic) bond motifs is 1. The summed E-state index contributed by atoms with van der Waals surface area (Å²) in [5.74, 6) is 1.00. The van der Waals surface area contributed by atoms with Crippen LogP contribution in [0, 0.1) is 0 Å². The highest BCUT2D eigenvalue weighted by Crippen LogP contribution is 2.28. The first-order valence-corrected chi connectivity index (χ1v) is 10.9. The summed E-state index contributed by atoms with van der Waals surface area (Å²) in [6.45, 7) is 7.58. The third-order valence-electron chi connectivity index (χ3n) is 6.00. The van der Waals surface area contributed by atoms with Crippen LogP contribution in [0.5, 0.6) is 0 Å². The van der Waals surface area contributed by atoms with Crippen molar-refractivity contribution in [1.29, 1.82) is 0 Å². The number of amides is 1. The van der Waals surface area contributed by atoms with Gasteiger partial charge in [0.15, 0.2) is 11.5 Å². The van der Waals surface area contributed by atoms with Crippen molar-refractivity contribution in [3.8, 4) is 11.3 Å². The van der Waals surface area contributed by atoms with Crippen molar-refractivity contribution >= 4 is 11.6 Å². The third kappa shape index (κ3) is 3.74. The van der Waals surface area contributed by atoms with E-state index in [9.17, 15) is 4.79 Å². The molecule has 164 valence electrons. The molecule has 1 amide bonds. The van der Waals surface area contributed by atoms with E-state index in [2.05, 4.69) is 46.1 Å². The molecular formula is C23H26N8O. The zero-order valence-electron chi connectivity index (χ0n) is 18.5. The molecule has 0 bridgehead atoms. The Kier molecular flexibility index (Phi) is 4.96. The lowest BCUT2D eigenvalue weighted by atomic mass is 9.92. The third-order valence-corrected chi connectivity index (χ3v) is 6.00. The number of piperidine rings is 1. The number of H-pyrrole nitrogens is 1. The van der Waals surface area contributed by atoms with Crippen molar-refractivity contribution in [3.05, 3.63) is 59.9 Å². The lowest BCUT2D eigenvalue weighted by Crippen LogP contribution is -2.38. The van der Waals surface area contributed by atoms with Gasteiger partial charge in [0.1, 0.15) is 5.69 Å². The van der Waals surface area contributed by atoms with Crippen molar-refractivity contribution in [2.45, 2.75) is 44.9 Å². The lowest BCUT2D eigenvalue weighted by molar-refractivity contribution is 0.0704. The molecule has 1 aliphatic rings. The fourth-order valence-electron chi connectivity index (χ4n) is 4.05. The van der Waals surface area contributed by atoms with E-state index in [1.54, 1.807) is 12.4 Å². The van der Waals surface area contributed by atoms with Crippen LogP contribution in [0.3, 0.4) is 0 Å². The minimum absolute atomic E-state index is 0.0294. The quantitative estimate of drug-likeness (QED) is 0.535. The Balaban J connectivity index is 1.32. The summed E-state index contributed by atoms with van der Waals surface area (Å²) in [5, 5.41) is 20.7. The van der Waals surface area contributed by atoms with Gasteiger partial charge < -0.3 is 4.90 Å². The van der Waals surface area contributed by atoms with E-state index in [0.29, 0.717) is 18.8 Å². The highest BCUT2D eigenvalue weighted by Gasteiger charge is 2.29. The first-order chi connectivity index (χ1) is 15.4. The van der Waals surface area contributed by atoms with Crippen LogP contribution in [0.1, 0.15) is 61.5 Å². The molecule has 0 radical (unpaired) electrons. The molecule has 1 fully saturated rings. The summed E-state index contributed by atoms with van der Waals surface area (Å²) in [4.78, 5) is 19.0. The van der Waals surface area contributed by atoms with Gasteiger partial charge in [-0.25, -0.2) is 0 Å². The standard InChI is InChI=1S/C23H26N8O/c1-23(2,3)19-13-18(25-26-19)22(32)30-11-8-15(9-12-30)21-28-27-20-7-6-17(29-31(20)21)16-5-4-10-24-14-16/h4-7,10,13-15H,8-9,11-12H2,1-3H3,(H,25,26). The van der Waals surface area contributed by atoms with Gasteiger partial charge in [0.25, 0.3) is 5.91 Å². The number of hydrogen-bond acceptors (Lipinski definition) is 6. The van der Waals surface area contributed by atoms with E-state index < -0.39 is 0 Å². The van der Waals surface area contributed by atoms with E-state index in [4.69, 9.17) is 5.10 Å². The number of hydrogen-bond donors (Lipinski definition) is 1. The van der Waals surface area contributed by atoms with Crippen LogP contribution in [-0.2, 0) is 5.41 Å². The molecule has 0 aliphatic carbocycles. The topological polar surface area (TPSA) is 105 Å². The second-order valence-electron chi connectivity index (χ2n) is 9.27. The van der Waals surface area contributed by atoms with Gasteiger partial charge in [0.05, 0.1) is 5.69 Å². The second-order valence-corrected chi connectivity index (χ2v) is 9.27. The van der Waals surface area contributed by atoms with Crippen molar-refractivity contribution in [2.24, 2.45) is 0 Å². The number of carbonyl (C=O) groups is 1. The molecule has 1 saturated heterocycles. The molecule has 0 spiro atoms. The first-order valence-electron chi connectivity index (χ1n) is 10.9. The largest absolute Gasteiger partial charge is 0.337 e. The van der Waals surface area contributed by atoms with E-state index in [0.717, 1.165) is 41.3 Å². The Morgan fingerprint density at radius 2 is 1.94 bits per heavy atom. The van der Waals surface area contributed by atoms with Gasteiger partial charge in [-0.2, -0.15) is 14.7 Å². The molecule has 0 unspecified atom stereocenters. The normalized spacial score (nSPS) is 15.4. The number of pyridine rings is 1. The number of aromatic amines is 1. The number of rotatable bonds is 3. The summed E-state index contributed by atoms with van der Waals surface area (Å²) >= 11 is 0. The molecule has 1 N–H and O–H groups in total. The van der Waals surface area contributed by atoms with Crippen molar-refractivity contribution in [1.82, 2.24) is 39.9 Å². The van der Waals surface area contributed by atoms with Gasteiger partial charge in [-0.3, -0.25) is 14.9 Å². The van der Waals surface area contributed by atoms with E-state index >= 15 is 0 Å². The van der Waals surface area contributed by atoms with Crippen LogP contribution in [0.25, 0.3) is 16.9 Å². The monoisotopic (exact) mass is 430 g/mol. The zero-order chi connectivity index (χ0) is 22.3. The second kappa shape index (κ2) is 7.81. The van der Waals surface area contributed by atoms with Gasteiger partial charge in [-0.05, 0) is 43.2 Å². The number of nitrogens with zero attached hydrogens (tertiary/aromatic N) is 7. The summed E-state index contributed by atoms with van der Waals surface area (Å²) in [7, 11) is 0. The molecule has 5 rings (SSSR count). The summed E-state index contributed by atoms with van der Waals surface area (Å²) in [6, 6.07) is 9.60. The van der Waals surface area contributed by atoms with Gasteiger partial charge in [-0.15, -0.1) is 10.2 Å². The summed E-state index contributed by atoms with van der Waals surface area (Å²) in [6.07, 6.45) is 5.15. The fraction of sp³-hybridized carbons (Fsp3) is 0.391. The van der Waals surface area contributed by atoms with E-state index in [1.807, 2.05) is 39.7 Å². The van der Waals surface area contributed by atoms with Crippen molar-refractivity contribution in [2.75, 3.05) is 13.1 Å². The van der Waals surface area contributed by atoms with Gasteiger partial charge in [-0.1, -0.05) is 20.8 Å². The minimum Gasteiger partial charge on any atom is -0.337 e. The van der Waals surface area contributed by atoms with Crippen LogP contribution >= 0.6 is 0 Å². The molecule has 4 aromatic heterocycles. The number of carbonyl (C=O) groups excluding carboxylic acids is 1. The molecule has 4 aromatic rings. The predicted molar refractivity (Wildman–Crippen MR) is 119 cm³/mol. The maximum absolute atomic E-state index is 12.9. The van der Waals surface area contributed by atoms with Crippen LogP contribution in [-0.4, -0.2) is 58.9 Å². The van der Waals surface area contributed by atoms with Crippen LogP contribution in [0.4, 0.5) is 0 Å². The Labute approximate surface area is 185 Å². The number of aromatic nitrogens is 7. The number of nitrogens with one attached hydrogen (secondary N) is 1.